The standard InChI is InChI=1S/C28H21Cl2FN4O5S/c1-39-18-3-2-4-19(12-18)40-25-10-5-16(13-32-25)14-34-28(36)17-6-9-24(22(31)11-17)41(37,38)35-23-8-7-20(29)26-21(30)15-33-27(23)26/h2-13,15,33,35H,14H2,1H3,(H,34,36). The Kier molecular flexibility index (Phi) is 8.02. The molecule has 2 aromatic heterocycles. The van der Waals surface area contributed by atoms with Gasteiger partial charge in [-0.1, -0.05) is 35.3 Å². The Balaban J connectivity index is 1.23. The highest BCUT2D eigenvalue weighted by Crippen LogP contribution is 2.35. The van der Waals surface area contributed by atoms with Gasteiger partial charge in [-0.3, -0.25) is 9.52 Å². The third-order valence-electron chi connectivity index (χ3n) is 5.98. The van der Waals surface area contributed by atoms with Crippen LogP contribution in [0, 0.1) is 5.82 Å². The number of nitrogens with one attached hydrogen (secondary N) is 3. The summed E-state index contributed by atoms with van der Waals surface area (Å²) in [5.74, 6) is -0.154. The van der Waals surface area contributed by atoms with Gasteiger partial charge in [0.25, 0.3) is 15.9 Å². The van der Waals surface area contributed by atoms with E-state index < -0.39 is 26.6 Å². The molecule has 2 heterocycles. The van der Waals surface area contributed by atoms with Crippen molar-refractivity contribution < 1.29 is 27.1 Å². The third-order valence-corrected chi connectivity index (χ3v) is 7.99. The van der Waals surface area contributed by atoms with Crippen LogP contribution in [-0.4, -0.2) is 31.4 Å². The Morgan fingerprint density at radius 3 is 2.56 bits per heavy atom. The fourth-order valence-corrected chi connectivity index (χ4v) is 5.65. The Morgan fingerprint density at radius 2 is 1.83 bits per heavy atom. The number of hydrogen-bond donors (Lipinski definition) is 3. The van der Waals surface area contributed by atoms with Crippen molar-refractivity contribution in [3.63, 3.8) is 0 Å². The first kappa shape index (κ1) is 28.2. The van der Waals surface area contributed by atoms with E-state index in [1.54, 1.807) is 43.5 Å². The van der Waals surface area contributed by atoms with Crippen LogP contribution in [0.2, 0.25) is 10.0 Å². The van der Waals surface area contributed by atoms with E-state index >= 15 is 0 Å². The first-order chi connectivity index (χ1) is 19.6. The fraction of sp³-hybridized carbons (Fsp3) is 0.0714. The number of carbonyl (C=O) groups is 1. The number of benzene rings is 3. The normalized spacial score (nSPS) is 11.3. The first-order valence-corrected chi connectivity index (χ1v) is 14.2. The predicted octanol–water partition coefficient (Wildman–Crippen LogP) is 6.54. The van der Waals surface area contributed by atoms with Crippen molar-refractivity contribution >= 4 is 55.7 Å². The lowest BCUT2D eigenvalue weighted by atomic mass is 10.2. The minimum Gasteiger partial charge on any atom is -0.497 e. The molecular weight excluding hydrogens is 594 g/mol. The minimum absolute atomic E-state index is 0.0579. The average molecular weight is 615 g/mol. The second kappa shape index (κ2) is 11.7. The molecule has 3 aromatic carbocycles. The lowest BCUT2D eigenvalue weighted by molar-refractivity contribution is 0.0950. The molecular formula is C28H21Cl2FN4O5S. The van der Waals surface area contributed by atoms with Crippen LogP contribution in [0.25, 0.3) is 10.9 Å². The minimum atomic E-state index is -4.36. The van der Waals surface area contributed by atoms with Crippen LogP contribution in [-0.2, 0) is 16.6 Å². The molecule has 0 unspecified atom stereocenters. The number of amides is 1. The highest BCUT2D eigenvalue weighted by atomic mass is 35.5. The zero-order chi connectivity index (χ0) is 29.1. The summed E-state index contributed by atoms with van der Waals surface area (Å²) in [5.41, 5.74) is 1.08. The molecule has 3 N–H and O–H groups in total. The van der Waals surface area contributed by atoms with Gasteiger partial charge in [0.15, 0.2) is 0 Å². The van der Waals surface area contributed by atoms with Crippen LogP contribution < -0.4 is 19.5 Å². The summed E-state index contributed by atoms with van der Waals surface area (Å²) in [4.78, 5) is 19.1. The molecule has 0 bridgehead atoms. The van der Waals surface area contributed by atoms with Crippen LogP contribution in [0.1, 0.15) is 15.9 Å². The molecule has 9 nitrogen and oxygen atoms in total. The molecule has 0 saturated heterocycles. The number of anilines is 1. The monoisotopic (exact) mass is 614 g/mol. The molecule has 210 valence electrons. The van der Waals surface area contributed by atoms with E-state index in [4.69, 9.17) is 32.7 Å². The molecule has 0 fully saturated rings. The number of H-pyrrole nitrogens is 1. The number of aromatic amines is 1. The van der Waals surface area contributed by atoms with Gasteiger partial charge in [-0.2, -0.15) is 0 Å². The van der Waals surface area contributed by atoms with E-state index in [0.29, 0.717) is 43.9 Å². The maximum Gasteiger partial charge on any atom is 0.264 e. The van der Waals surface area contributed by atoms with E-state index in [2.05, 4.69) is 20.0 Å². The number of hydrogen-bond acceptors (Lipinski definition) is 6. The number of fused-ring (bicyclic) bond motifs is 1. The molecule has 0 radical (unpaired) electrons. The molecule has 5 aromatic rings. The molecule has 0 aliphatic carbocycles. The van der Waals surface area contributed by atoms with E-state index in [-0.39, 0.29) is 17.8 Å². The third kappa shape index (κ3) is 6.22. The van der Waals surface area contributed by atoms with E-state index in [0.717, 1.165) is 12.1 Å². The highest BCUT2D eigenvalue weighted by Gasteiger charge is 2.23. The number of pyridine rings is 1. The zero-order valence-electron chi connectivity index (χ0n) is 21.2. The maximum absolute atomic E-state index is 14.9. The average Bonchev–Trinajstić information content (AvgIpc) is 3.36. The van der Waals surface area contributed by atoms with E-state index in [9.17, 15) is 17.6 Å². The van der Waals surface area contributed by atoms with Gasteiger partial charge in [0.2, 0.25) is 5.88 Å². The summed E-state index contributed by atoms with van der Waals surface area (Å²) in [6.07, 6.45) is 2.99. The maximum atomic E-state index is 14.9. The first-order valence-electron chi connectivity index (χ1n) is 12.0. The number of halogens is 3. The summed E-state index contributed by atoms with van der Waals surface area (Å²) in [7, 11) is -2.80. The Bertz CT molecular complexity index is 1860. The second-order valence-corrected chi connectivity index (χ2v) is 11.2. The van der Waals surface area contributed by atoms with E-state index in [1.807, 2.05) is 0 Å². The molecule has 0 spiro atoms. The number of ether oxygens (including phenoxy) is 2. The second-order valence-electron chi connectivity index (χ2n) is 8.70. The summed E-state index contributed by atoms with van der Waals surface area (Å²) in [6.45, 7) is 0.0970. The smallest absolute Gasteiger partial charge is 0.264 e. The number of nitrogens with zero attached hydrogens (tertiary/aromatic N) is 1. The number of methoxy groups -OCH3 is 1. The van der Waals surface area contributed by atoms with Crippen LogP contribution in [0.15, 0.2) is 84.0 Å². The van der Waals surface area contributed by atoms with Crippen molar-refractivity contribution in [3.05, 3.63) is 106 Å². The predicted molar refractivity (Wildman–Crippen MR) is 154 cm³/mol. The zero-order valence-corrected chi connectivity index (χ0v) is 23.6. The van der Waals surface area contributed by atoms with E-state index in [1.165, 1.54) is 30.6 Å². The SMILES string of the molecule is COc1cccc(Oc2ccc(CNC(=O)c3ccc(S(=O)(=O)Nc4ccc(Cl)c5c(Cl)c[nH]c45)c(F)c3)cn2)c1. The van der Waals surface area contributed by atoms with Crippen LogP contribution in [0.5, 0.6) is 17.4 Å². The fourth-order valence-electron chi connectivity index (χ4n) is 3.96. The number of carbonyl (C=O) groups excluding carboxylic acids is 1. The van der Waals surface area contributed by atoms with Gasteiger partial charge in [0.05, 0.1) is 28.4 Å². The highest BCUT2D eigenvalue weighted by molar-refractivity contribution is 7.92. The number of aromatic nitrogens is 2. The van der Waals surface area contributed by atoms with Gasteiger partial charge in [-0.05, 0) is 48.0 Å². The van der Waals surface area contributed by atoms with Gasteiger partial charge in [0.1, 0.15) is 22.2 Å². The van der Waals surface area contributed by atoms with Gasteiger partial charge in [-0.15, -0.1) is 0 Å². The largest absolute Gasteiger partial charge is 0.497 e. The molecule has 1 amide bonds. The topological polar surface area (TPSA) is 122 Å². The molecule has 41 heavy (non-hydrogen) atoms. The summed E-state index contributed by atoms with van der Waals surface area (Å²) < 4.78 is 54.1. The lowest BCUT2D eigenvalue weighted by Crippen LogP contribution is -2.23. The summed E-state index contributed by atoms with van der Waals surface area (Å²) in [5, 5.41) is 3.71. The molecule has 0 aliphatic heterocycles. The van der Waals surface area contributed by atoms with Gasteiger partial charge in [0, 0.05) is 42.0 Å². The quantitative estimate of drug-likeness (QED) is 0.173. The van der Waals surface area contributed by atoms with Crippen molar-refractivity contribution in [2.24, 2.45) is 0 Å². The molecule has 5 rings (SSSR count). The Morgan fingerprint density at radius 1 is 1.02 bits per heavy atom. The van der Waals surface area contributed by atoms with Crippen LogP contribution in [0.3, 0.4) is 0 Å². The van der Waals surface area contributed by atoms with Crippen LogP contribution in [0.4, 0.5) is 10.1 Å². The summed E-state index contributed by atoms with van der Waals surface area (Å²) >= 11 is 12.3. The molecule has 0 atom stereocenters. The summed E-state index contributed by atoms with van der Waals surface area (Å²) in [6, 6.07) is 16.4. The van der Waals surface area contributed by atoms with Crippen molar-refractivity contribution in [2.75, 3.05) is 11.8 Å². The van der Waals surface area contributed by atoms with Gasteiger partial charge in [-0.25, -0.2) is 17.8 Å². The number of rotatable bonds is 9. The lowest BCUT2D eigenvalue weighted by Gasteiger charge is -2.12. The van der Waals surface area contributed by atoms with Crippen molar-refractivity contribution in [1.82, 2.24) is 15.3 Å². The molecule has 13 heteroatoms. The van der Waals surface area contributed by atoms with Gasteiger partial charge < -0.3 is 19.8 Å². The van der Waals surface area contributed by atoms with Crippen molar-refractivity contribution in [2.45, 2.75) is 11.4 Å². The number of sulfonamides is 1. The van der Waals surface area contributed by atoms with Gasteiger partial charge >= 0.3 is 0 Å². The Hall–Kier alpha value is -4.32. The Labute approximate surface area is 244 Å². The molecule has 0 saturated carbocycles. The van der Waals surface area contributed by atoms with Crippen molar-refractivity contribution in [3.8, 4) is 17.4 Å². The molecule has 0 aliphatic rings. The van der Waals surface area contributed by atoms with Crippen LogP contribution >= 0.6 is 23.2 Å². The van der Waals surface area contributed by atoms with Crippen molar-refractivity contribution in [1.29, 1.82) is 0 Å².